The zero-order valence-corrected chi connectivity index (χ0v) is 14.1. The van der Waals surface area contributed by atoms with Gasteiger partial charge in [0.2, 0.25) is 0 Å². The van der Waals surface area contributed by atoms with Gasteiger partial charge in [0.05, 0.1) is 17.8 Å². The molecule has 0 saturated carbocycles. The number of rotatable bonds is 5. The molecule has 0 aliphatic carbocycles. The maximum Gasteiger partial charge on any atom is 0.272 e. The van der Waals surface area contributed by atoms with Crippen LogP contribution in [0.1, 0.15) is 27.8 Å². The second kappa shape index (κ2) is 7.72. The summed E-state index contributed by atoms with van der Waals surface area (Å²) < 4.78 is 5.43. The number of nitrogens with zero attached hydrogens (tertiary/aromatic N) is 3. The second-order valence-electron chi connectivity index (χ2n) is 5.12. The van der Waals surface area contributed by atoms with Crippen LogP contribution in [-0.2, 0) is 0 Å². The first kappa shape index (κ1) is 16.9. The number of amides is 1. The van der Waals surface area contributed by atoms with Gasteiger partial charge in [-0.2, -0.15) is 0 Å². The van der Waals surface area contributed by atoms with E-state index in [2.05, 4.69) is 20.3 Å². The minimum atomic E-state index is -0.518. The van der Waals surface area contributed by atoms with Gasteiger partial charge in [-0.25, -0.2) is 9.97 Å². The van der Waals surface area contributed by atoms with E-state index in [9.17, 15) is 4.79 Å². The Bertz CT molecular complexity index is 874. The SMILES string of the molecule is COc1ccccc1C(NC(=O)c1ncncc1Cl)c1ccccn1. The third kappa shape index (κ3) is 3.75. The lowest BCUT2D eigenvalue weighted by atomic mass is 10.0. The topological polar surface area (TPSA) is 77.0 Å². The number of hydrogen-bond acceptors (Lipinski definition) is 5. The quantitative estimate of drug-likeness (QED) is 0.762. The molecule has 1 amide bonds. The van der Waals surface area contributed by atoms with Gasteiger partial charge in [0.1, 0.15) is 23.8 Å². The Labute approximate surface area is 149 Å². The van der Waals surface area contributed by atoms with Gasteiger partial charge in [-0.05, 0) is 18.2 Å². The van der Waals surface area contributed by atoms with Gasteiger partial charge in [0, 0.05) is 18.0 Å². The molecule has 0 spiro atoms. The molecule has 0 bridgehead atoms. The van der Waals surface area contributed by atoms with Gasteiger partial charge in [-0.1, -0.05) is 35.9 Å². The summed E-state index contributed by atoms with van der Waals surface area (Å²) in [6.45, 7) is 0. The van der Waals surface area contributed by atoms with Crippen LogP contribution in [0.4, 0.5) is 0 Å². The first-order chi connectivity index (χ1) is 12.2. The molecule has 1 unspecified atom stereocenters. The number of para-hydroxylation sites is 1. The van der Waals surface area contributed by atoms with Gasteiger partial charge < -0.3 is 10.1 Å². The highest BCUT2D eigenvalue weighted by Crippen LogP contribution is 2.29. The Balaban J connectivity index is 2.01. The molecule has 1 N–H and O–H groups in total. The van der Waals surface area contributed by atoms with Crippen molar-refractivity contribution in [3.8, 4) is 5.75 Å². The van der Waals surface area contributed by atoms with Crippen molar-refractivity contribution in [1.29, 1.82) is 0 Å². The van der Waals surface area contributed by atoms with Crippen LogP contribution in [-0.4, -0.2) is 28.0 Å². The first-order valence-electron chi connectivity index (χ1n) is 7.51. The molecule has 3 rings (SSSR count). The molecule has 0 aliphatic heterocycles. The minimum Gasteiger partial charge on any atom is -0.496 e. The van der Waals surface area contributed by atoms with Gasteiger partial charge >= 0.3 is 0 Å². The number of carbonyl (C=O) groups is 1. The molecular weight excluding hydrogens is 340 g/mol. The van der Waals surface area contributed by atoms with Crippen molar-refractivity contribution in [3.05, 3.63) is 83.2 Å². The van der Waals surface area contributed by atoms with E-state index in [1.165, 1.54) is 12.5 Å². The van der Waals surface area contributed by atoms with E-state index in [0.717, 1.165) is 5.56 Å². The molecule has 25 heavy (non-hydrogen) atoms. The van der Waals surface area contributed by atoms with E-state index >= 15 is 0 Å². The predicted molar refractivity (Wildman–Crippen MR) is 93.6 cm³/mol. The number of ether oxygens (including phenoxy) is 1. The monoisotopic (exact) mass is 354 g/mol. The molecule has 1 atom stereocenters. The molecular formula is C18H15ClN4O2. The highest BCUT2D eigenvalue weighted by molar-refractivity contribution is 6.33. The molecule has 2 aromatic heterocycles. The number of aromatic nitrogens is 3. The summed E-state index contributed by atoms with van der Waals surface area (Å²) in [6, 6.07) is 12.4. The van der Waals surface area contributed by atoms with Gasteiger partial charge in [0.15, 0.2) is 0 Å². The molecule has 0 saturated heterocycles. The van der Waals surface area contributed by atoms with E-state index in [1.807, 2.05) is 42.5 Å². The van der Waals surface area contributed by atoms with Crippen molar-refractivity contribution in [2.75, 3.05) is 7.11 Å². The second-order valence-corrected chi connectivity index (χ2v) is 5.53. The minimum absolute atomic E-state index is 0.104. The Morgan fingerprint density at radius 3 is 2.68 bits per heavy atom. The van der Waals surface area contributed by atoms with Crippen LogP contribution in [0.2, 0.25) is 5.02 Å². The van der Waals surface area contributed by atoms with Crippen LogP contribution in [0, 0.1) is 0 Å². The number of carbonyl (C=O) groups excluding carboxylic acids is 1. The fraction of sp³-hybridized carbons (Fsp3) is 0.111. The van der Waals surface area contributed by atoms with Crippen molar-refractivity contribution in [2.45, 2.75) is 6.04 Å². The van der Waals surface area contributed by atoms with Crippen molar-refractivity contribution in [1.82, 2.24) is 20.3 Å². The molecule has 6 nitrogen and oxygen atoms in total. The van der Waals surface area contributed by atoms with Crippen LogP contribution in [0.5, 0.6) is 5.75 Å². The van der Waals surface area contributed by atoms with Crippen molar-refractivity contribution in [2.24, 2.45) is 0 Å². The van der Waals surface area contributed by atoms with E-state index in [4.69, 9.17) is 16.3 Å². The Morgan fingerprint density at radius 1 is 1.16 bits per heavy atom. The first-order valence-corrected chi connectivity index (χ1v) is 7.88. The summed E-state index contributed by atoms with van der Waals surface area (Å²) in [5, 5.41) is 3.11. The van der Waals surface area contributed by atoms with Crippen molar-refractivity contribution >= 4 is 17.5 Å². The molecule has 126 valence electrons. The fourth-order valence-corrected chi connectivity index (χ4v) is 2.63. The number of halogens is 1. The van der Waals surface area contributed by atoms with Crippen LogP contribution in [0.25, 0.3) is 0 Å². The Kier molecular flexibility index (Phi) is 5.20. The number of benzene rings is 1. The third-order valence-electron chi connectivity index (χ3n) is 3.59. The van der Waals surface area contributed by atoms with Gasteiger partial charge in [0.25, 0.3) is 5.91 Å². The number of nitrogens with one attached hydrogen (secondary N) is 1. The average molecular weight is 355 g/mol. The maximum absolute atomic E-state index is 12.7. The summed E-state index contributed by atoms with van der Waals surface area (Å²) in [5.41, 5.74) is 1.56. The molecule has 0 fully saturated rings. The standard InChI is InChI=1S/C18H15ClN4O2/c1-25-15-8-3-2-6-12(15)16(14-7-4-5-9-21-14)23-18(24)17-13(19)10-20-11-22-17/h2-11,16H,1H3,(H,23,24). The summed E-state index contributed by atoms with van der Waals surface area (Å²) in [7, 11) is 1.58. The lowest BCUT2D eigenvalue weighted by Gasteiger charge is -2.21. The number of pyridine rings is 1. The third-order valence-corrected chi connectivity index (χ3v) is 3.87. The van der Waals surface area contributed by atoms with Crippen LogP contribution < -0.4 is 10.1 Å². The lowest BCUT2D eigenvalue weighted by molar-refractivity contribution is 0.0937. The van der Waals surface area contributed by atoms with E-state index in [1.54, 1.807) is 13.3 Å². The molecule has 0 radical (unpaired) electrons. The lowest BCUT2D eigenvalue weighted by Crippen LogP contribution is -2.31. The molecule has 0 aliphatic rings. The Morgan fingerprint density at radius 2 is 1.96 bits per heavy atom. The maximum atomic E-state index is 12.7. The smallest absolute Gasteiger partial charge is 0.272 e. The molecule has 1 aromatic carbocycles. The summed E-state index contributed by atoms with van der Waals surface area (Å²) in [4.78, 5) is 24.8. The van der Waals surface area contributed by atoms with Crippen LogP contribution >= 0.6 is 11.6 Å². The van der Waals surface area contributed by atoms with E-state index in [-0.39, 0.29) is 10.7 Å². The normalized spacial score (nSPS) is 11.6. The molecule has 2 heterocycles. The summed E-state index contributed by atoms with van der Waals surface area (Å²) in [5.74, 6) is 0.223. The van der Waals surface area contributed by atoms with Crippen LogP contribution in [0.3, 0.4) is 0 Å². The van der Waals surface area contributed by atoms with Gasteiger partial charge in [-0.3, -0.25) is 9.78 Å². The average Bonchev–Trinajstić information content (AvgIpc) is 2.67. The molecule has 3 aromatic rings. The zero-order chi connectivity index (χ0) is 17.6. The Hall–Kier alpha value is -2.99. The van der Waals surface area contributed by atoms with Gasteiger partial charge in [-0.15, -0.1) is 0 Å². The summed E-state index contributed by atoms with van der Waals surface area (Å²) in [6.07, 6.45) is 4.32. The zero-order valence-electron chi connectivity index (χ0n) is 13.4. The molecule has 7 heteroatoms. The highest BCUT2D eigenvalue weighted by atomic mass is 35.5. The van der Waals surface area contributed by atoms with E-state index in [0.29, 0.717) is 11.4 Å². The summed E-state index contributed by atoms with van der Waals surface area (Å²) >= 11 is 6.03. The predicted octanol–water partition coefficient (Wildman–Crippen LogP) is 3.05. The van der Waals surface area contributed by atoms with Crippen molar-refractivity contribution in [3.63, 3.8) is 0 Å². The number of methoxy groups -OCH3 is 1. The van der Waals surface area contributed by atoms with E-state index < -0.39 is 11.9 Å². The van der Waals surface area contributed by atoms with Crippen molar-refractivity contribution < 1.29 is 9.53 Å². The highest BCUT2D eigenvalue weighted by Gasteiger charge is 2.23. The van der Waals surface area contributed by atoms with Crippen LogP contribution in [0.15, 0.2) is 61.2 Å². The number of hydrogen-bond donors (Lipinski definition) is 1. The largest absolute Gasteiger partial charge is 0.496 e. The fourth-order valence-electron chi connectivity index (χ4n) is 2.44.